The van der Waals surface area contributed by atoms with Crippen LogP contribution in [0.15, 0.2) is 24.3 Å². The summed E-state index contributed by atoms with van der Waals surface area (Å²) >= 11 is 0. The molecule has 1 fully saturated rings. The van der Waals surface area contributed by atoms with Crippen LogP contribution in [0.25, 0.3) is 0 Å². The van der Waals surface area contributed by atoms with Gasteiger partial charge >= 0.3 is 5.97 Å². The number of carbonyl (C=O) groups is 2. The monoisotopic (exact) mass is 292 g/mol. The van der Waals surface area contributed by atoms with Gasteiger partial charge in [-0.25, -0.2) is 0 Å². The van der Waals surface area contributed by atoms with E-state index in [4.69, 9.17) is 4.74 Å². The number of benzene rings is 1. The van der Waals surface area contributed by atoms with Crippen LogP contribution in [-0.2, 0) is 14.3 Å². The molecule has 1 saturated heterocycles. The molecule has 2 atom stereocenters. The van der Waals surface area contributed by atoms with Crippen molar-refractivity contribution in [1.82, 2.24) is 4.90 Å². The molecule has 1 aromatic carbocycles. The molecule has 2 N–H and O–H groups in total. The summed E-state index contributed by atoms with van der Waals surface area (Å²) < 4.78 is 4.71. The standard InChI is InChI=1S/C15H20N2O4/c1-10-5-3-4-6-12(10)16-14(19)9-17-8-11(18)7-13(17)15(20)21-2/h3-6,11,13,18H,7-9H2,1-2H3,(H,16,19). The fourth-order valence-corrected chi connectivity index (χ4v) is 2.52. The fourth-order valence-electron chi connectivity index (χ4n) is 2.52. The van der Waals surface area contributed by atoms with Gasteiger partial charge in [-0.05, 0) is 18.6 Å². The molecular formula is C15H20N2O4. The number of carbonyl (C=O) groups excluding carboxylic acids is 2. The number of ether oxygens (including phenoxy) is 1. The molecule has 0 saturated carbocycles. The highest BCUT2D eigenvalue weighted by Gasteiger charge is 2.37. The Morgan fingerprint density at radius 3 is 2.81 bits per heavy atom. The largest absolute Gasteiger partial charge is 0.468 e. The van der Waals surface area contributed by atoms with E-state index in [-0.39, 0.29) is 12.5 Å². The second-order valence-electron chi connectivity index (χ2n) is 5.22. The Hall–Kier alpha value is -1.92. The first-order chi connectivity index (χ1) is 10.0. The third kappa shape index (κ3) is 3.80. The third-order valence-electron chi connectivity index (χ3n) is 3.62. The summed E-state index contributed by atoms with van der Waals surface area (Å²) in [7, 11) is 1.30. The minimum Gasteiger partial charge on any atom is -0.468 e. The van der Waals surface area contributed by atoms with Crippen molar-refractivity contribution in [2.75, 3.05) is 25.5 Å². The van der Waals surface area contributed by atoms with Crippen molar-refractivity contribution in [2.45, 2.75) is 25.5 Å². The fraction of sp³-hybridized carbons (Fsp3) is 0.467. The minimum atomic E-state index is -0.611. The van der Waals surface area contributed by atoms with E-state index in [1.807, 2.05) is 31.2 Å². The van der Waals surface area contributed by atoms with Crippen LogP contribution in [0, 0.1) is 6.92 Å². The van der Waals surface area contributed by atoms with E-state index >= 15 is 0 Å². The van der Waals surface area contributed by atoms with Crippen LogP contribution >= 0.6 is 0 Å². The number of amides is 1. The maximum absolute atomic E-state index is 12.1. The number of hydrogen-bond acceptors (Lipinski definition) is 5. The number of para-hydroxylation sites is 1. The lowest BCUT2D eigenvalue weighted by Gasteiger charge is -2.21. The second kappa shape index (κ2) is 6.69. The number of likely N-dealkylation sites (tertiary alicyclic amines) is 1. The van der Waals surface area contributed by atoms with Crippen LogP contribution in [0.3, 0.4) is 0 Å². The Bertz CT molecular complexity index is 532. The molecule has 2 rings (SSSR count). The Balaban J connectivity index is 1.98. The number of nitrogens with zero attached hydrogens (tertiary/aromatic N) is 1. The summed E-state index contributed by atoms with van der Waals surface area (Å²) in [5.74, 6) is -0.637. The third-order valence-corrected chi connectivity index (χ3v) is 3.62. The molecule has 6 heteroatoms. The van der Waals surface area contributed by atoms with Gasteiger partial charge in [0.15, 0.2) is 0 Å². The number of hydrogen-bond donors (Lipinski definition) is 2. The molecule has 1 aromatic rings. The van der Waals surface area contributed by atoms with Crippen molar-refractivity contribution in [2.24, 2.45) is 0 Å². The molecule has 0 aromatic heterocycles. The molecule has 0 aliphatic carbocycles. The number of rotatable bonds is 4. The normalized spacial score (nSPS) is 22.0. The molecule has 1 aliphatic heterocycles. The lowest BCUT2D eigenvalue weighted by atomic mass is 10.2. The van der Waals surface area contributed by atoms with E-state index in [0.717, 1.165) is 11.3 Å². The summed E-state index contributed by atoms with van der Waals surface area (Å²) in [4.78, 5) is 25.4. The predicted octanol–water partition coefficient (Wildman–Crippen LogP) is 0.542. The zero-order chi connectivity index (χ0) is 15.4. The molecule has 1 heterocycles. The van der Waals surface area contributed by atoms with Gasteiger partial charge in [0.25, 0.3) is 0 Å². The molecule has 1 amide bonds. The topological polar surface area (TPSA) is 78.9 Å². The van der Waals surface area contributed by atoms with Gasteiger partial charge in [-0.3, -0.25) is 14.5 Å². The zero-order valence-corrected chi connectivity index (χ0v) is 12.2. The first-order valence-electron chi connectivity index (χ1n) is 6.86. The first-order valence-corrected chi connectivity index (χ1v) is 6.86. The van der Waals surface area contributed by atoms with Gasteiger partial charge in [-0.15, -0.1) is 0 Å². The van der Waals surface area contributed by atoms with E-state index in [9.17, 15) is 14.7 Å². The average molecular weight is 292 g/mol. The second-order valence-corrected chi connectivity index (χ2v) is 5.22. The van der Waals surface area contributed by atoms with Crippen molar-refractivity contribution in [3.05, 3.63) is 29.8 Å². The summed E-state index contributed by atoms with van der Waals surface area (Å²) in [6, 6.07) is 6.91. The lowest BCUT2D eigenvalue weighted by Crippen LogP contribution is -2.41. The van der Waals surface area contributed by atoms with Gasteiger partial charge in [0.1, 0.15) is 6.04 Å². The zero-order valence-electron chi connectivity index (χ0n) is 12.2. The van der Waals surface area contributed by atoms with Crippen LogP contribution in [0.4, 0.5) is 5.69 Å². The SMILES string of the molecule is COC(=O)C1CC(O)CN1CC(=O)Nc1ccccc1C. The maximum atomic E-state index is 12.1. The Morgan fingerprint density at radius 1 is 1.43 bits per heavy atom. The van der Waals surface area contributed by atoms with E-state index < -0.39 is 18.1 Å². The van der Waals surface area contributed by atoms with Crippen molar-refractivity contribution in [3.63, 3.8) is 0 Å². The Kier molecular flexibility index (Phi) is 4.93. The molecule has 0 spiro atoms. The van der Waals surface area contributed by atoms with Crippen molar-refractivity contribution in [1.29, 1.82) is 0 Å². The smallest absolute Gasteiger partial charge is 0.323 e. The number of aliphatic hydroxyl groups excluding tert-OH is 1. The van der Waals surface area contributed by atoms with Crippen LogP contribution in [0.5, 0.6) is 0 Å². The summed E-state index contributed by atoms with van der Waals surface area (Å²) in [5.41, 5.74) is 1.72. The summed E-state index contributed by atoms with van der Waals surface area (Å²) in [6.07, 6.45) is -0.315. The number of anilines is 1. The quantitative estimate of drug-likeness (QED) is 0.792. The van der Waals surface area contributed by atoms with E-state index in [0.29, 0.717) is 13.0 Å². The van der Waals surface area contributed by atoms with Gasteiger partial charge in [0.2, 0.25) is 5.91 Å². The number of esters is 1. The van der Waals surface area contributed by atoms with Gasteiger partial charge in [0.05, 0.1) is 19.8 Å². The number of aryl methyl sites for hydroxylation is 1. The number of aliphatic hydroxyl groups is 1. The molecule has 0 radical (unpaired) electrons. The van der Waals surface area contributed by atoms with Crippen LogP contribution in [0.1, 0.15) is 12.0 Å². The van der Waals surface area contributed by atoms with Crippen molar-refractivity contribution >= 4 is 17.6 Å². The van der Waals surface area contributed by atoms with Gasteiger partial charge in [0, 0.05) is 18.7 Å². The number of nitrogens with one attached hydrogen (secondary N) is 1. The van der Waals surface area contributed by atoms with Gasteiger partial charge < -0.3 is 15.2 Å². The lowest BCUT2D eigenvalue weighted by molar-refractivity contribution is -0.146. The van der Waals surface area contributed by atoms with E-state index in [2.05, 4.69) is 5.32 Å². The molecule has 0 bridgehead atoms. The maximum Gasteiger partial charge on any atom is 0.323 e. The minimum absolute atomic E-state index is 0.0468. The predicted molar refractivity (Wildman–Crippen MR) is 77.8 cm³/mol. The van der Waals surface area contributed by atoms with Gasteiger partial charge in [-0.1, -0.05) is 18.2 Å². The number of methoxy groups -OCH3 is 1. The summed E-state index contributed by atoms with van der Waals surface area (Å²) in [5, 5.41) is 12.5. The highest BCUT2D eigenvalue weighted by atomic mass is 16.5. The Morgan fingerprint density at radius 2 is 2.14 bits per heavy atom. The highest BCUT2D eigenvalue weighted by molar-refractivity contribution is 5.93. The van der Waals surface area contributed by atoms with Crippen LogP contribution < -0.4 is 5.32 Å². The molecule has 1 aliphatic rings. The van der Waals surface area contributed by atoms with E-state index in [1.165, 1.54) is 7.11 Å². The molecule has 114 valence electrons. The van der Waals surface area contributed by atoms with Crippen LogP contribution in [-0.4, -0.2) is 54.2 Å². The first kappa shape index (κ1) is 15.5. The highest BCUT2D eigenvalue weighted by Crippen LogP contribution is 2.19. The molecule has 2 unspecified atom stereocenters. The Labute approximate surface area is 123 Å². The van der Waals surface area contributed by atoms with Crippen molar-refractivity contribution < 1.29 is 19.4 Å². The van der Waals surface area contributed by atoms with Crippen molar-refractivity contribution in [3.8, 4) is 0 Å². The molecule has 6 nitrogen and oxygen atoms in total. The number of β-amino-alcohol motifs (C(OH)–C–C–N with tert-alkyl or cyclic N) is 1. The van der Waals surface area contributed by atoms with Gasteiger partial charge in [-0.2, -0.15) is 0 Å². The molecule has 21 heavy (non-hydrogen) atoms. The average Bonchev–Trinajstić information content (AvgIpc) is 2.81. The van der Waals surface area contributed by atoms with E-state index in [1.54, 1.807) is 4.90 Å². The molecular weight excluding hydrogens is 272 g/mol. The van der Waals surface area contributed by atoms with Crippen LogP contribution in [0.2, 0.25) is 0 Å². The summed E-state index contributed by atoms with van der Waals surface area (Å²) in [6.45, 7) is 2.25.